The summed E-state index contributed by atoms with van der Waals surface area (Å²) in [5, 5.41) is 3.48. The van der Waals surface area contributed by atoms with Crippen LogP contribution < -0.4 is 5.32 Å². The van der Waals surface area contributed by atoms with Gasteiger partial charge in [0.2, 0.25) is 0 Å². The van der Waals surface area contributed by atoms with Gasteiger partial charge in [0, 0.05) is 18.9 Å². The molecule has 0 fully saturated rings. The van der Waals surface area contributed by atoms with Gasteiger partial charge >= 0.3 is 0 Å². The molecule has 0 saturated heterocycles. The molecule has 0 radical (unpaired) electrons. The van der Waals surface area contributed by atoms with Crippen molar-refractivity contribution < 1.29 is 0 Å². The minimum Gasteiger partial charge on any atom is -0.312 e. The predicted octanol–water partition coefficient (Wildman–Crippen LogP) is 3.03. The molecule has 0 spiro atoms. The van der Waals surface area contributed by atoms with Gasteiger partial charge in [-0.15, -0.1) is 0 Å². The van der Waals surface area contributed by atoms with E-state index in [1.54, 1.807) is 0 Å². The van der Waals surface area contributed by atoms with Crippen molar-refractivity contribution in [3.63, 3.8) is 0 Å². The Labute approximate surface area is 109 Å². The summed E-state index contributed by atoms with van der Waals surface area (Å²) in [5.41, 5.74) is 5.36. The number of nitrogens with one attached hydrogen (secondary N) is 1. The molecule has 0 saturated carbocycles. The summed E-state index contributed by atoms with van der Waals surface area (Å²) >= 11 is 0. The van der Waals surface area contributed by atoms with Crippen molar-refractivity contribution >= 4 is 0 Å². The topological polar surface area (TPSA) is 24.9 Å². The number of hydrogen-bond donors (Lipinski definition) is 1. The van der Waals surface area contributed by atoms with Crippen LogP contribution in [-0.4, -0.2) is 11.5 Å². The maximum Gasteiger partial charge on any atom is 0.0270 e. The van der Waals surface area contributed by atoms with Crippen LogP contribution in [0.5, 0.6) is 0 Å². The van der Waals surface area contributed by atoms with Crippen molar-refractivity contribution in [2.24, 2.45) is 0 Å². The van der Waals surface area contributed by atoms with Gasteiger partial charge in [-0.25, -0.2) is 0 Å². The molecule has 1 aromatic carbocycles. The number of rotatable bonds is 5. The molecule has 0 atom stereocenters. The van der Waals surface area contributed by atoms with E-state index in [9.17, 15) is 0 Å². The normalized spacial score (nSPS) is 10.6. The molecule has 18 heavy (non-hydrogen) atoms. The van der Waals surface area contributed by atoms with Gasteiger partial charge in [-0.05, 0) is 50.1 Å². The van der Waals surface area contributed by atoms with Gasteiger partial charge in [0.05, 0.1) is 0 Å². The molecule has 0 aliphatic rings. The molecular formula is C16H20N2. The smallest absolute Gasteiger partial charge is 0.0270 e. The lowest BCUT2D eigenvalue weighted by atomic mass is 10.1. The van der Waals surface area contributed by atoms with Crippen molar-refractivity contribution in [3.8, 4) is 0 Å². The van der Waals surface area contributed by atoms with E-state index in [-0.39, 0.29) is 0 Å². The van der Waals surface area contributed by atoms with E-state index in [1.807, 2.05) is 12.4 Å². The molecule has 1 aromatic heterocycles. The van der Waals surface area contributed by atoms with Gasteiger partial charge < -0.3 is 5.32 Å². The van der Waals surface area contributed by atoms with Gasteiger partial charge in [-0.2, -0.15) is 0 Å². The molecule has 94 valence electrons. The number of hydrogen-bond acceptors (Lipinski definition) is 2. The largest absolute Gasteiger partial charge is 0.312 e. The average molecular weight is 240 g/mol. The molecule has 0 aliphatic carbocycles. The van der Waals surface area contributed by atoms with Crippen molar-refractivity contribution in [1.82, 2.24) is 10.3 Å². The zero-order valence-corrected chi connectivity index (χ0v) is 11.1. The summed E-state index contributed by atoms with van der Waals surface area (Å²) in [6, 6.07) is 10.8. The summed E-state index contributed by atoms with van der Waals surface area (Å²) in [5.74, 6) is 0. The monoisotopic (exact) mass is 240 g/mol. The Kier molecular flexibility index (Phi) is 4.48. The number of aromatic nitrogens is 1. The molecule has 2 aromatic rings. The highest BCUT2D eigenvalue weighted by Crippen LogP contribution is 2.08. The van der Waals surface area contributed by atoms with Gasteiger partial charge in [0.15, 0.2) is 0 Å². The van der Waals surface area contributed by atoms with Crippen molar-refractivity contribution in [3.05, 3.63) is 65.0 Å². The summed E-state index contributed by atoms with van der Waals surface area (Å²) in [6.45, 7) is 6.23. The van der Waals surface area contributed by atoms with Crippen LogP contribution in [-0.2, 0) is 13.0 Å². The average Bonchev–Trinajstić information content (AvgIpc) is 2.35. The second-order valence-corrected chi connectivity index (χ2v) is 4.78. The Morgan fingerprint density at radius 1 is 0.944 bits per heavy atom. The summed E-state index contributed by atoms with van der Waals surface area (Å²) in [4.78, 5) is 4.02. The Bertz CT molecular complexity index is 471. The minimum absolute atomic E-state index is 0.938. The Morgan fingerprint density at radius 2 is 1.61 bits per heavy atom. The van der Waals surface area contributed by atoms with E-state index >= 15 is 0 Å². The van der Waals surface area contributed by atoms with Crippen LogP contribution in [0.15, 0.2) is 42.7 Å². The van der Waals surface area contributed by atoms with Crippen molar-refractivity contribution in [2.45, 2.75) is 26.8 Å². The summed E-state index contributed by atoms with van der Waals surface area (Å²) in [7, 11) is 0. The number of aryl methyl sites for hydroxylation is 2. The summed E-state index contributed by atoms with van der Waals surface area (Å²) < 4.78 is 0. The predicted molar refractivity (Wildman–Crippen MR) is 75.6 cm³/mol. The van der Waals surface area contributed by atoms with E-state index in [0.29, 0.717) is 0 Å². The van der Waals surface area contributed by atoms with Gasteiger partial charge in [0.1, 0.15) is 0 Å². The van der Waals surface area contributed by atoms with Crippen molar-refractivity contribution in [2.75, 3.05) is 6.54 Å². The lowest BCUT2D eigenvalue weighted by Crippen LogP contribution is -2.16. The Hall–Kier alpha value is -1.67. The molecule has 2 rings (SSSR count). The second kappa shape index (κ2) is 6.31. The lowest BCUT2D eigenvalue weighted by molar-refractivity contribution is 0.686. The van der Waals surface area contributed by atoms with Gasteiger partial charge in [-0.3, -0.25) is 4.98 Å². The molecule has 2 nitrogen and oxygen atoms in total. The highest BCUT2D eigenvalue weighted by molar-refractivity contribution is 5.28. The molecule has 0 amide bonds. The third-order valence-electron chi connectivity index (χ3n) is 2.95. The minimum atomic E-state index is 0.938. The van der Waals surface area contributed by atoms with Crippen LogP contribution in [0, 0.1) is 13.8 Å². The molecule has 0 aliphatic heterocycles. The van der Waals surface area contributed by atoms with Crippen LogP contribution in [0.4, 0.5) is 0 Å². The molecule has 1 N–H and O–H groups in total. The third-order valence-corrected chi connectivity index (χ3v) is 2.95. The Balaban J connectivity index is 1.78. The first-order valence-electron chi connectivity index (χ1n) is 6.41. The summed E-state index contributed by atoms with van der Waals surface area (Å²) in [6.07, 6.45) is 4.74. The quantitative estimate of drug-likeness (QED) is 0.813. The van der Waals surface area contributed by atoms with E-state index in [4.69, 9.17) is 0 Å². The maximum atomic E-state index is 4.02. The SMILES string of the molecule is Cc1cc(C)cc(CNCCc2ccncc2)c1. The van der Waals surface area contributed by atoms with Crippen LogP contribution in [0.25, 0.3) is 0 Å². The number of pyridine rings is 1. The fourth-order valence-corrected chi connectivity index (χ4v) is 2.19. The van der Waals surface area contributed by atoms with Crippen LogP contribution in [0.1, 0.15) is 22.3 Å². The lowest BCUT2D eigenvalue weighted by Gasteiger charge is -2.07. The Morgan fingerprint density at radius 3 is 2.28 bits per heavy atom. The molecular weight excluding hydrogens is 220 g/mol. The zero-order valence-electron chi connectivity index (χ0n) is 11.1. The van der Waals surface area contributed by atoms with E-state index in [0.717, 1.165) is 19.5 Å². The first-order valence-corrected chi connectivity index (χ1v) is 6.41. The molecule has 1 heterocycles. The number of benzene rings is 1. The van der Waals surface area contributed by atoms with E-state index < -0.39 is 0 Å². The highest BCUT2D eigenvalue weighted by Gasteiger charge is 1.96. The van der Waals surface area contributed by atoms with E-state index in [2.05, 4.69) is 54.5 Å². The van der Waals surface area contributed by atoms with Crippen LogP contribution in [0.3, 0.4) is 0 Å². The molecule has 0 bridgehead atoms. The van der Waals surface area contributed by atoms with E-state index in [1.165, 1.54) is 22.3 Å². The van der Waals surface area contributed by atoms with Crippen LogP contribution >= 0.6 is 0 Å². The first kappa shape index (κ1) is 12.8. The second-order valence-electron chi connectivity index (χ2n) is 4.78. The van der Waals surface area contributed by atoms with Gasteiger partial charge in [-0.1, -0.05) is 29.3 Å². The highest BCUT2D eigenvalue weighted by atomic mass is 14.8. The van der Waals surface area contributed by atoms with Crippen molar-refractivity contribution in [1.29, 1.82) is 0 Å². The fourth-order valence-electron chi connectivity index (χ4n) is 2.19. The maximum absolute atomic E-state index is 4.02. The van der Waals surface area contributed by atoms with Gasteiger partial charge in [0.25, 0.3) is 0 Å². The number of nitrogens with zero attached hydrogens (tertiary/aromatic N) is 1. The molecule has 0 unspecified atom stereocenters. The first-order chi connectivity index (χ1) is 8.74. The van der Waals surface area contributed by atoms with Crippen LogP contribution in [0.2, 0.25) is 0 Å². The zero-order chi connectivity index (χ0) is 12.8. The standard InChI is InChI=1S/C16H20N2/c1-13-9-14(2)11-16(10-13)12-18-8-5-15-3-6-17-7-4-15/h3-4,6-7,9-11,18H,5,8,12H2,1-2H3. The third kappa shape index (κ3) is 3.97. The fraction of sp³-hybridized carbons (Fsp3) is 0.312. The molecule has 2 heteroatoms.